The average molecular weight is 341 g/mol. The van der Waals surface area contributed by atoms with Crippen LogP contribution in [0.15, 0.2) is 42.6 Å². The van der Waals surface area contributed by atoms with Gasteiger partial charge in [-0.3, -0.25) is 14.8 Å². The molecule has 0 spiro atoms. The van der Waals surface area contributed by atoms with Crippen LogP contribution in [0.5, 0.6) is 11.5 Å². The van der Waals surface area contributed by atoms with Crippen molar-refractivity contribution in [3.63, 3.8) is 0 Å². The molecule has 0 unspecified atom stereocenters. The first-order valence-corrected chi connectivity index (χ1v) is 8.70. The number of benzene rings is 1. The van der Waals surface area contributed by atoms with Crippen molar-refractivity contribution >= 4 is 0 Å². The molecule has 2 aromatic rings. The highest BCUT2D eigenvalue weighted by molar-refractivity contribution is 5.45. The highest BCUT2D eigenvalue weighted by atomic mass is 16.7. The van der Waals surface area contributed by atoms with Crippen LogP contribution in [0.3, 0.4) is 0 Å². The number of aromatic nitrogens is 1. The van der Waals surface area contributed by atoms with Gasteiger partial charge in [0.25, 0.3) is 0 Å². The van der Waals surface area contributed by atoms with E-state index in [1.54, 1.807) is 0 Å². The molecule has 0 saturated carbocycles. The highest BCUT2D eigenvalue weighted by Gasteiger charge is 2.22. The van der Waals surface area contributed by atoms with E-state index >= 15 is 0 Å². The number of fused-ring (bicyclic) bond motifs is 1. The molecule has 0 bridgehead atoms. The summed E-state index contributed by atoms with van der Waals surface area (Å²) in [4.78, 5) is 9.11. The number of hydrogen-bond acceptors (Lipinski definition) is 6. The van der Waals surface area contributed by atoms with Crippen molar-refractivity contribution in [2.75, 3.05) is 39.5 Å². The fourth-order valence-corrected chi connectivity index (χ4v) is 3.32. The van der Waals surface area contributed by atoms with Gasteiger partial charge in [0.2, 0.25) is 6.79 Å². The minimum atomic E-state index is -0.517. The molecule has 0 amide bonds. The lowest BCUT2D eigenvalue weighted by Gasteiger charge is -2.35. The molecule has 0 aliphatic carbocycles. The summed E-state index contributed by atoms with van der Waals surface area (Å²) in [7, 11) is 0. The van der Waals surface area contributed by atoms with Crippen LogP contribution in [0.25, 0.3) is 0 Å². The molecule has 1 aromatic heterocycles. The molecule has 132 valence electrons. The predicted octanol–water partition coefficient (Wildman–Crippen LogP) is 1.66. The molecule has 0 radical (unpaired) electrons. The Kier molecular flexibility index (Phi) is 4.83. The first kappa shape index (κ1) is 16.3. The summed E-state index contributed by atoms with van der Waals surface area (Å²) in [5.41, 5.74) is 1.98. The van der Waals surface area contributed by atoms with Gasteiger partial charge in [-0.15, -0.1) is 0 Å². The summed E-state index contributed by atoms with van der Waals surface area (Å²) in [6, 6.07) is 11.7. The van der Waals surface area contributed by atoms with Crippen molar-refractivity contribution in [2.24, 2.45) is 0 Å². The number of β-amino-alcohol motifs (C(OH)–C–C–N with tert-alkyl or cyclic N) is 1. The van der Waals surface area contributed by atoms with E-state index in [-0.39, 0.29) is 6.79 Å². The maximum atomic E-state index is 10.5. The lowest BCUT2D eigenvalue weighted by molar-refractivity contribution is 0.0696. The standard InChI is InChI=1S/C19H23N3O3/c23-17(15-4-5-18-19(11-15)25-14-24-18)13-22-9-7-21(8-10-22)12-16-3-1-2-6-20-16/h1-6,11,17,23H,7-10,12-14H2/t17-/m1/s1. The van der Waals surface area contributed by atoms with Gasteiger partial charge in [0.1, 0.15) is 0 Å². The van der Waals surface area contributed by atoms with Crippen LogP contribution in [0.4, 0.5) is 0 Å². The number of pyridine rings is 1. The predicted molar refractivity (Wildman–Crippen MR) is 93.5 cm³/mol. The fraction of sp³-hybridized carbons (Fsp3) is 0.421. The quantitative estimate of drug-likeness (QED) is 0.893. The molecular weight excluding hydrogens is 318 g/mol. The monoisotopic (exact) mass is 341 g/mol. The van der Waals surface area contributed by atoms with E-state index in [1.807, 2.05) is 36.5 Å². The summed E-state index contributed by atoms with van der Waals surface area (Å²) in [6.45, 7) is 5.67. The molecule has 6 heteroatoms. The molecule has 1 saturated heterocycles. The molecule has 1 atom stereocenters. The van der Waals surface area contributed by atoms with Gasteiger partial charge in [-0.2, -0.15) is 0 Å². The van der Waals surface area contributed by atoms with Gasteiger partial charge in [0, 0.05) is 45.5 Å². The maximum Gasteiger partial charge on any atom is 0.231 e. The normalized spacial score (nSPS) is 19.1. The van der Waals surface area contributed by atoms with E-state index in [4.69, 9.17) is 9.47 Å². The van der Waals surface area contributed by atoms with Gasteiger partial charge in [-0.1, -0.05) is 12.1 Å². The largest absolute Gasteiger partial charge is 0.454 e. The number of ether oxygens (including phenoxy) is 2. The Hall–Kier alpha value is -2.15. The molecule has 1 fully saturated rings. The Morgan fingerprint density at radius 3 is 2.60 bits per heavy atom. The Bertz CT molecular complexity index is 702. The van der Waals surface area contributed by atoms with Gasteiger partial charge >= 0.3 is 0 Å². The first-order valence-electron chi connectivity index (χ1n) is 8.70. The second-order valence-corrected chi connectivity index (χ2v) is 6.53. The number of piperazine rings is 1. The molecule has 2 aliphatic rings. The van der Waals surface area contributed by atoms with Gasteiger partial charge in [0.05, 0.1) is 11.8 Å². The summed E-state index contributed by atoms with van der Waals surface area (Å²) < 4.78 is 10.7. The Morgan fingerprint density at radius 2 is 1.80 bits per heavy atom. The Balaban J connectivity index is 1.28. The van der Waals surface area contributed by atoms with Crippen LogP contribution in [0.2, 0.25) is 0 Å². The minimum absolute atomic E-state index is 0.257. The number of hydrogen-bond donors (Lipinski definition) is 1. The summed E-state index contributed by atoms with van der Waals surface area (Å²) in [5, 5.41) is 10.5. The highest BCUT2D eigenvalue weighted by Crippen LogP contribution is 2.34. The molecular formula is C19H23N3O3. The lowest BCUT2D eigenvalue weighted by atomic mass is 10.1. The van der Waals surface area contributed by atoms with Crippen molar-refractivity contribution in [3.05, 3.63) is 53.9 Å². The van der Waals surface area contributed by atoms with Gasteiger partial charge < -0.3 is 14.6 Å². The van der Waals surface area contributed by atoms with Crippen molar-refractivity contribution in [2.45, 2.75) is 12.6 Å². The number of aliphatic hydroxyl groups excluding tert-OH is 1. The summed E-state index contributed by atoms with van der Waals surface area (Å²) >= 11 is 0. The zero-order valence-corrected chi connectivity index (χ0v) is 14.2. The summed E-state index contributed by atoms with van der Waals surface area (Å²) in [6.07, 6.45) is 1.32. The first-order chi connectivity index (χ1) is 12.3. The molecule has 6 nitrogen and oxygen atoms in total. The molecule has 25 heavy (non-hydrogen) atoms. The third-order valence-corrected chi connectivity index (χ3v) is 4.79. The van der Waals surface area contributed by atoms with Crippen LogP contribution in [0, 0.1) is 0 Å². The maximum absolute atomic E-state index is 10.5. The fourth-order valence-electron chi connectivity index (χ4n) is 3.32. The Labute approximate surface area is 147 Å². The van der Waals surface area contributed by atoms with Crippen LogP contribution >= 0.6 is 0 Å². The van der Waals surface area contributed by atoms with Crippen molar-refractivity contribution in [1.82, 2.24) is 14.8 Å². The van der Waals surface area contributed by atoms with Gasteiger partial charge in [-0.25, -0.2) is 0 Å². The molecule has 1 aromatic carbocycles. The van der Waals surface area contributed by atoms with E-state index in [0.29, 0.717) is 6.54 Å². The van der Waals surface area contributed by atoms with Crippen LogP contribution < -0.4 is 9.47 Å². The Morgan fingerprint density at radius 1 is 1.00 bits per heavy atom. The number of nitrogens with zero attached hydrogens (tertiary/aromatic N) is 3. The lowest BCUT2D eigenvalue weighted by Crippen LogP contribution is -2.47. The van der Waals surface area contributed by atoms with Crippen LogP contribution in [-0.4, -0.2) is 59.4 Å². The topological polar surface area (TPSA) is 58.1 Å². The zero-order chi connectivity index (χ0) is 17.1. The zero-order valence-electron chi connectivity index (χ0n) is 14.2. The average Bonchev–Trinajstić information content (AvgIpc) is 3.12. The van der Waals surface area contributed by atoms with Crippen LogP contribution in [0.1, 0.15) is 17.4 Å². The molecule has 4 rings (SSSR count). The van der Waals surface area contributed by atoms with Gasteiger partial charge in [-0.05, 0) is 29.8 Å². The number of rotatable bonds is 5. The molecule has 1 N–H and O–H groups in total. The summed E-state index contributed by atoms with van der Waals surface area (Å²) in [5.74, 6) is 1.47. The second kappa shape index (κ2) is 7.39. The van der Waals surface area contributed by atoms with Crippen molar-refractivity contribution < 1.29 is 14.6 Å². The smallest absolute Gasteiger partial charge is 0.231 e. The van der Waals surface area contributed by atoms with E-state index in [2.05, 4.69) is 20.9 Å². The van der Waals surface area contributed by atoms with E-state index in [1.165, 1.54) is 0 Å². The number of aliphatic hydroxyl groups is 1. The van der Waals surface area contributed by atoms with Crippen molar-refractivity contribution in [1.29, 1.82) is 0 Å². The minimum Gasteiger partial charge on any atom is -0.454 e. The van der Waals surface area contributed by atoms with Crippen molar-refractivity contribution in [3.8, 4) is 11.5 Å². The molecule has 2 aliphatic heterocycles. The third-order valence-electron chi connectivity index (χ3n) is 4.79. The SMILES string of the molecule is O[C@H](CN1CCN(Cc2ccccn2)CC1)c1ccc2c(c1)OCO2. The molecule has 3 heterocycles. The second-order valence-electron chi connectivity index (χ2n) is 6.53. The van der Waals surface area contributed by atoms with Gasteiger partial charge in [0.15, 0.2) is 11.5 Å². The van der Waals surface area contributed by atoms with E-state index < -0.39 is 6.10 Å². The third kappa shape index (κ3) is 3.92. The van der Waals surface area contributed by atoms with Crippen LogP contribution in [-0.2, 0) is 6.54 Å². The van der Waals surface area contributed by atoms with E-state index in [9.17, 15) is 5.11 Å². The van der Waals surface area contributed by atoms with E-state index in [0.717, 1.165) is 55.5 Å².